The minimum Gasteiger partial charge on any atom is -0.444 e. The maximum Gasteiger partial charge on any atom is 0.410 e. The largest absolute Gasteiger partial charge is 0.444 e. The monoisotopic (exact) mass is 433 g/mol. The number of carbonyl (C=O) groups is 2. The molecule has 1 saturated heterocycles. The molecule has 0 aliphatic carbocycles. The fraction of sp³-hybridized carbons (Fsp3) is 0.429. The average Bonchev–Trinajstić information content (AvgIpc) is 3.16. The van der Waals surface area contributed by atoms with E-state index in [9.17, 15) is 18.4 Å². The molecule has 0 saturated carbocycles. The van der Waals surface area contributed by atoms with Crippen LogP contribution in [0.3, 0.4) is 0 Å². The summed E-state index contributed by atoms with van der Waals surface area (Å²) in [6.07, 6.45) is 2.85. The third-order valence-electron chi connectivity index (χ3n) is 4.73. The molecule has 10 heteroatoms. The summed E-state index contributed by atoms with van der Waals surface area (Å²) in [6.45, 7) is 6.27. The lowest BCUT2D eigenvalue weighted by molar-refractivity contribution is 0.0285. The summed E-state index contributed by atoms with van der Waals surface area (Å²) in [4.78, 5) is 36.0. The summed E-state index contributed by atoms with van der Waals surface area (Å²) in [5, 5.41) is 2.63. The van der Waals surface area contributed by atoms with Crippen LogP contribution in [0.25, 0.3) is 11.3 Å². The number of likely N-dealkylation sites (tertiary alicyclic amines) is 1. The number of amides is 3. The molecule has 2 heterocycles. The van der Waals surface area contributed by atoms with Crippen molar-refractivity contribution in [3.05, 3.63) is 42.2 Å². The van der Waals surface area contributed by atoms with Crippen molar-refractivity contribution in [2.45, 2.75) is 38.8 Å². The van der Waals surface area contributed by atoms with Gasteiger partial charge in [-0.1, -0.05) is 0 Å². The van der Waals surface area contributed by atoms with Gasteiger partial charge in [0, 0.05) is 31.8 Å². The standard InChI is InChI=1S/C21H25F2N5O3/c1-21(2,3)31-20(30)28-6-5-16(12-28)27(4)19(29)26-18-11-24-17(10-25-18)13-7-14(22)9-15(23)8-13/h7-11,16H,5-6,12H2,1-4H3,(H,25,26,29). The van der Waals surface area contributed by atoms with Gasteiger partial charge < -0.3 is 14.5 Å². The first-order valence-corrected chi connectivity index (χ1v) is 9.82. The van der Waals surface area contributed by atoms with Crippen LogP contribution in [0.5, 0.6) is 0 Å². The van der Waals surface area contributed by atoms with Gasteiger partial charge in [0.05, 0.1) is 24.1 Å². The molecule has 1 aliphatic rings. The van der Waals surface area contributed by atoms with Crippen molar-refractivity contribution >= 4 is 17.9 Å². The predicted molar refractivity (Wildman–Crippen MR) is 110 cm³/mol. The van der Waals surface area contributed by atoms with E-state index < -0.39 is 29.4 Å². The van der Waals surface area contributed by atoms with Gasteiger partial charge in [-0.15, -0.1) is 0 Å². The highest BCUT2D eigenvalue weighted by Crippen LogP contribution is 2.21. The Labute approximate surface area is 179 Å². The fourth-order valence-corrected chi connectivity index (χ4v) is 3.16. The number of rotatable bonds is 3. The van der Waals surface area contributed by atoms with Crippen molar-refractivity contribution in [2.24, 2.45) is 0 Å². The molecule has 1 aromatic carbocycles. The Balaban J connectivity index is 1.58. The number of halogens is 2. The molecule has 1 fully saturated rings. The van der Waals surface area contributed by atoms with Crippen LogP contribution in [0.1, 0.15) is 27.2 Å². The lowest BCUT2D eigenvalue weighted by atomic mass is 10.1. The van der Waals surface area contributed by atoms with Gasteiger partial charge in [0.15, 0.2) is 5.82 Å². The quantitative estimate of drug-likeness (QED) is 0.793. The number of anilines is 1. The number of aromatic nitrogens is 2. The summed E-state index contributed by atoms with van der Waals surface area (Å²) >= 11 is 0. The maximum absolute atomic E-state index is 13.4. The first-order chi connectivity index (χ1) is 14.5. The number of hydrogen-bond donors (Lipinski definition) is 1. The van der Waals surface area contributed by atoms with Gasteiger partial charge in [0.2, 0.25) is 0 Å². The Kier molecular flexibility index (Phi) is 6.37. The van der Waals surface area contributed by atoms with Crippen LogP contribution in [0.4, 0.5) is 24.2 Å². The van der Waals surface area contributed by atoms with Crippen LogP contribution in [0.15, 0.2) is 30.6 Å². The van der Waals surface area contributed by atoms with Gasteiger partial charge in [-0.3, -0.25) is 10.3 Å². The topological polar surface area (TPSA) is 87.7 Å². The van der Waals surface area contributed by atoms with E-state index in [1.165, 1.54) is 17.3 Å². The zero-order chi connectivity index (χ0) is 22.8. The number of nitrogens with one attached hydrogen (secondary N) is 1. The molecule has 1 aromatic heterocycles. The Morgan fingerprint density at radius 2 is 1.84 bits per heavy atom. The lowest BCUT2D eigenvalue weighted by Gasteiger charge is -2.26. The summed E-state index contributed by atoms with van der Waals surface area (Å²) in [7, 11) is 1.63. The summed E-state index contributed by atoms with van der Waals surface area (Å²) in [5.74, 6) is -1.24. The van der Waals surface area contributed by atoms with Crippen LogP contribution in [-0.4, -0.2) is 63.7 Å². The van der Waals surface area contributed by atoms with E-state index in [1.54, 1.807) is 32.7 Å². The van der Waals surface area contributed by atoms with Gasteiger partial charge in [0.1, 0.15) is 17.2 Å². The zero-order valence-corrected chi connectivity index (χ0v) is 17.9. The number of likely N-dealkylation sites (N-methyl/N-ethyl adjacent to an activating group) is 1. The maximum atomic E-state index is 13.4. The zero-order valence-electron chi connectivity index (χ0n) is 17.9. The second-order valence-corrected chi connectivity index (χ2v) is 8.35. The molecule has 1 aliphatic heterocycles. The smallest absolute Gasteiger partial charge is 0.410 e. The van der Waals surface area contributed by atoms with E-state index >= 15 is 0 Å². The van der Waals surface area contributed by atoms with Gasteiger partial charge in [-0.05, 0) is 39.3 Å². The van der Waals surface area contributed by atoms with E-state index in [-0.39, 0.29) is 23.1 Å². The Morgan fingerprint density at radius 3 is 2.42 bits per heavy atom. The fourth-order valence-electron chi connectivity index (χ4n) is 3.16. The van der Waals surface area contributed by atoms with Crippen LogP contribution in [0.2, 0.25) is 0 Å². The van der Waals surface area contributed by atoms with Crippen LogP contribution >= 0.6 is 0 Å². The van der Waals surface area contributed by atoms with Gasteiger partial charge >= 0.3 is 12.1 Å². The average molecular weight is 433 g/mol. The third-order valence-corrected chi connectivity index (χ3v) is 4.73. The number of ether oxygens (including phenoxy) is 1. The van der Waals surface area contributed by atoms with Crippen molar-refractivity contribution in [1.29, 1.82) is 0 Å². The third kappa shape index (κ3) is 5.87. The van der Waals surface area contributed by atoms with E-state index in [0.29, 0.717) is 19.5 Å². The molecule has 0 spiro atoms. The summed E-state index contributed by atoms with van der Waals surface area (Å²) < 4.78 is 32.1. The molecule has 8 nitrogen and oxygen atoms in total. The molecular formula is C21H25F2N5O3. The molecule has 166 valence electrons. The predicted octanol–water partition coefficient (Wildman–Crippen LogP) is 3.89. The molecule has 3 rings (SSSR count). The van der Waals surface area contributed by atoms with E-state index in [4.69, 9.17) is 4.74 Å². The summed E-state index contributed by atoms with van der Waals surface area (Å²) in [5.41, 5.74) is -0.0673. The number of urea groups is 1. The van der Waals surface area contributed by atoms with Crippen molar-refractivity contribution < 1.29 is 23.1 Å². The number of carbonyl (C=O) groups excluding carboxylic acids is 2. The van der Waals surface area contributed by atoms with Crippen LogP contribution < -0.4 is 5.32 Å². The van der Waals surface area contributed by atoms with Gasteiger partial charge in [0.25, 0.3) is 0 Å². The second-order valence-electron chi connectivity index (χ2n) is 8.35. The molecule has 1 unspecified atom stereocenters. The van der Waals surface area contributed by atoms with Crippen LogP contribution in [0, 0.1) is 11.6 Å². The van der Waals surface area contributed by atoms with Gasteiger partial charge in [-0.2, -0.15) is 0 Å². The Morgan fingerprint density at radius 1 is 1.16 bits per heavy atom. The second kappa shape index (κ2) is 8.83. The highest BCUT2D eigenvalue weighted by molar-refractivity contribution is 5.88. The number of nitrogens with zero attached hydrogens (tertiary/aromatic N) is 4. The Bertz CT molecular complexity index is 942. The molecule has 0 bridgehead atoms. The van der Waals surface area contributed by atoms with Crippen molar-refractivity contribution in [1.82, 2.24) is 19.8 Å². The van der Waals surface area contributed by atoms with Crippen molar-refractivity contribution in [2.75, 3.05) is 25.5 Å². The lowest BCUT2D eigenvalue weighted by Crippen LogP contribution is -2.43. The van der Waals surface area contributed by atoms with Crippen molar-refractivity contribution in [3.8, 4) is 11.3 Å². The molecule has 3 amide bonds. The molecule has 1 N–H and O–H groups in total. The highest BCUT2D eigenvalue weighted by atomic mass is 19.1. The SMILES string of the molecule is CN(C(=O)Nc1cnc(-c2cc(F)cc(F)c2)cn1)C1CCN(C(=O)OC(C)(C)C)C1. The summed E-state index contributed by atoms with van der Waals surface area (Å²) in [6, 6.07) is 2.49. The molecule has 2 aromatic rings. The van der Waals surface area contributed by atoms with Crippen molar-refractivity contribution in [3.63, 3.8) is 0 Å². The first-order valence-electron chi connectivity index (χ1n) is 9.82. The van der Waals surface area contributed by atoms with E-state index in [2.05, 4.69) is 15.3 Å². The normalized spacial score (nSPS) is 16.2. The van der Waals surface area contributed by atoms with Gasteiger partial charge in [-0.25, -0.2) is 23.4 Å². The Hall–Kier alpha value is -3.30. The van der Waals surface area contributed by atoms with Crippen LogP contribution in [-0.2, 0) is 4.74 Å². The minimum absolute atomic E-state index is 0.171. The molecule has 1 atom stereocenters. The number of hydrogen-bond acceptors (Lipinski definition) is 5. The minimum atomic E-state index is -0.715. The first kappa shape index (κ1) is 22.4. The van der Waals surface area contributed by atoms with E-state index in [1.807, 2.05) is 0 Å². The number of benzene rings is 1. The molecular weight excluding hydrogens is 408 g/mol. The molecule has 0 radical (unpaired) electrons. The van der Waals surface area contributed by atoms with E-state index in [0.717, 1.165) is 18.2 Å². The molecule has 31 heavy (non-hydrogen) atoms. The highest BCUT2D eigenvalue weighted by Gasteiger charge is 2.33.